The normalized spacial score (nSPS) is 11.4. The highest BCUT2D eigenvalue weighted by molar-refractivity contribution is 5.68. The van der Waals surface area contributed by atoms with Crippen LogP contribution in [0.1, 0.15) is 26.0 Å². The van der Waals surface area contributed by atoms with Gasteiger partial charge in [0.1, 0.15) is 11.9 Å². The van der Waals surface area contributed by atoms with Crippen molar-refractivity contribution in [1.29, 1.82) is 5.26 Å². The fourth-order valence-electron chi connectivity index (χ4n) is 1.89. The number of nitrogens with zero attached hydrogens (tertiary/aromatic N) is 4. The van der Waals surface area contributed by atoms with Gasteiger partial charge in [0.05, 0.1) is 11.3 Å². The summed E-state index contributed by atoms with van der Waals surface area (Å²) < 4.78 is 0. The van der Waals surface area contributed by atoms with E-state index in [2.05, 4.69) is 4.98 Å². The number of aromatic nitrogens is 1. The summed E-state index contributed by atoms with van der Waals surface area (Å²) >= 11 is 0. The molecule has 0 aromatic carbocycles. The van der Waals surface area contributed by atoms with E-state index in [1.807, 2.05) is 6.92 Å². The molecule has 1 aromatic rings. The van der Waals surface area contributed by atoms with Crippen molar-refractivity contribution in [1.82, 2.24) is 4.98 Å². The van der Waals surface area contributed by atoms with E-state index in [4.69, 9.17) is 10.4 Å². The van der Waals surface area contributed by atoms with Crippen LogP contribution in [0.2, 0.25) is 0 Å². The Labute approximate surface area is 115 Å². The largest absolute Gasteiger partial charge is 0.481 e. The molecule has 1 heterocycles. The first-order valence-electron chi connectivity index (χ1n) is 5.94. The highest BCUT2D eigenvalue weighted by atomic mass is 16.6. The maximum atomic E-state index is 10.7. The Morgan fingerprint density at radius 1 is 1.65 bits per heavy atom. The summed E-state index contributed by atoms with van der Waals surface area (Å²) in [5.74, 6) is -0.596. The van der Waals surface area contributed by atoms with Gasteiger partial charge in [-0.15, -0.1) is 0 Å². The molecular formula is C12H14N4O4. The van der Waals surface area contributed by atoms with Crippen molar-refractivity contribution < 1.29 is 14.8 Å². The second-order valence-electron chi connectivity index (χ2n) is 4.14. The molecule has 1 unspecified atom stereocenters. The molecule has 1 aromatic heterocycles. The van der Waals surface area contributed by atoms with Crippen LogP contribution in [-0.4, -0.2) is 33.6 Å². The molecule has 8 nitrogen and oxygen atoms in total. The van der Waals surface area contributed by atoms with Crippen LogP contribution in [0.5, 0.6) is 0 Å². The minimum atomic E-state index is -0.946. The second kappa shape index (κ2) is 6.47. The highest BCUT2D eigenvalue weighted by Gasteiger charge is 2.21. The zero-order chi connectivity index (χ0) is 15.3. The Balaban J connectivity index is 3.14. The number of carboxylic acid groups (broad SMARTS) is 1. The van der Waals surface area contributed by atoms with Gasteiger partial charge < -0.3 is 10.0 Å². The lowest BCUT2D eigenvalue weighted by molar-refractivity contribution is -0.385. The first kappa shape index (κ1) is 15.4. The number of anilines is 1. The van der Waals surface area contributed by atoms with Crippen molar-refractivity contribution >= 4 is 17.5 Å². The van der Waals surface area contributed by atoms with Crippen LogP contribution < -0.4 is 4.90 Å². The van der Waals surface area contributed by atoms with E-state index in [1.165, 1.54) is 12.1 Å². The average molecular weight is 278 g/mol. The summed E-state index contributed by atoms with van der Waals surface area (Å²) in [5.41, 5.74) is -0.647. The lowest BCUT2D eigenvalue weighted by atomic mass is 10.2. The number of pyridine rings is 1. The minimum Gasteiger partial charge on any atom is -0.481 e. The second-order valence-corrected chi connectivity index (χ2v) is 4.14. The summed E-state index contributed by atoms with van der Waals surface area (Å²) in [4.78, 5) is 26.4. The Morgan fingerprint density at radius 3 is 2.75 bits per heavy atom. The van der Waals surface area contributed by atoms with E-state index < -0.39 is 10.9 Å². The number of rotatable bonds is 6. The fraction of sp³-hybridized carbons (Fsp3) is 0.417. The van der Waals surface area contributed by atoms with Crippen molar-refractivity contribution in [3.8, 4) is 6.07 Å². The molecule has 0 fully saturated rings. The Morgan fingerprint density at radius 2 is 2.30 bits per heavy atom. The summed E-state index contributed by atoms with van der Waals surface area (Å²) in [6.45, 7) is 4.00. The molecule has 0 amide bonds. The lowest BCUT2D eigenvalue weighted by Gasteiger charge is -2.28. The van der Waals surface area contributed by atoms with Crippen LogP contribution in [0.25, 0.3) is 0 Å². The molecule has 0 aliphatic rings. The SMILES string of the molecule is CCN(c1ccc([N+](=O)[O-])c(C#N)n1)C(C)CC(=O)O. The van der Waals surface area contributed by atoms with E-state index in [0.717, 1.165) is 0 Å². The first-order chi connectivity index (χ1) is 9.40. The van der Waals surface area contributed by atoms with Crippen LogP contribution in [-0.2, 0) is 4.79 Å². The van der Waals surface area contributed by atoms with Crippen molar-refractivity contribution in [2.24, 2.45) is 0 Å². The molecular weight excluding hydrogens is 264 g/mol. The summed E-state index contributed by atoms with van der Waals surface area (Å²) in [7, 11) is 0. The van der Waals surface area contributed by atoms with Gasteiger partial charge in [-0.1, -0.05) is 0 Å². The molecule has 0 radical (unpaired) electrons. The van der Waals surface area contributed by atoms with E-state index in [9.17, 15) is 14.9 Å². The van der Waals surface area contributed by atoms with Gasteiger partial charge in [-0.25, -0.2) is 4.98 Å². The fourth-order valence-corrected chi connectivity index (χ4v) is 1.89. The Hall–Kier alpha value is -2.69. The minimum absolute atomic E-state index is 0.0889. The molecule has 1 N–H and O–H groups in total. The van der Waals surface area contributed by atoms with Crippen LogP contribution in [0.3, 0.4) is 0 Å². The number of nitriles is 1. The molecule has 0 saturated carbocycles. The topological polar surface area (TPSA) is 120 Å². The van der Waals surface area contributed by atoms with Crippen molar-refractivity contribution in [2.45, 2.75) is 26.3 Å². The van der Waals surface area contributed by atoms with Gasteiger partial charge in [-0.2, -0.15) is 5.26 Å². The molecule has 20 heavy (non-hydrogen) atoms. The van der Waals surface area contributed by atoms with Crippen LogP contribution in [0.4, 0.5) is 11.5 Å². The van der Waals surface area contributed by atoms with Gasteiger partial charge in [0.2, 0.25) is 5.69 Å². The summed E-state index contributed by atoms with van der Waals surface area (Å²) in [6, 6.07) is 3.97. The zero-order valence-corrected chi connectivity index (χ0v) is 11.1. The maximum absolute atomic E-state index is 10.7. The quantitative estimate of drug-likeness (QED) is 0.619. The third-order valence-electron chi connectivity index (χ3n) is 2.80. The predicted octanol–water partition coefficient (Wildman–Crippen LogP) is 1.55. The predicted molar refractivity (Wildman–Crippen MR) is 70.3 cm³/mol. The number of aliphatic carboxylic acids is 1. The Kier molecular flexibility index (Phi) is 4.97. The molecule has 0 aliphatic heterocycles. The summed E-state index contributed by atoms with van der Waals surface area (Å²) in [5, 5.41) is 28.4. The van der Waals surface area contributed by atoms with Gasteiger partial charge in [-0.05, 0) is 19.9 Å². The number of carboxylic acids is 1. The van der Waals surface area contributed by atoms with E-state index >= 15 is 0 Å². The standard InChI is InChI=1S/C12H14N4O4/c1-3-15(8(2)6-12(17)18)11-5-4-10(16(19)20)9(7-13)14-11/h4-5,8H,3,6H2,1-2H3,(H,17,18). The number of hydrogen-bond donors (Lipinski definition) is 1. The van der Waals surface area contributed by atoms with Crippen molar-refractivity contribution in [3.05, 3.63) is 27.9 Å². The van der Waals surface area contributed by atoms with Crippen molar-refractivity contribution in [2.75, 3.05) is 11.4 Å². The first-order valence-corrected chi connectivity index (χ1v) is 5.94. The zero-order valence-electron chi connectivity index (χ0n) is 11.1. The molecule has 1 atom stereocenters. The Bertz CT molecular complexity index is 567. The van der Waals surface area contributed by atoms with Crippen LogP contribution in [0, 0.1) is 21.4 Å². The molecule has 1 rings (SSSR count). The molecule has 0 spiro atoms. The average Bonchev–Trinajstić information content (AvgIpc) is 2.38. The monoisotopic (exact) mass is 278 g/mol. The molecule has 106 valence electrons. The smallest absolute Gasteiger partial charge is 0.305 e. The van der Waals surface area contributed by atoms with Crippen LogP contribution >= 0.6 is 0 Å². The summed E-state index contributed by atoms with van der Waals surface area (Å²) in [6.07, 6.45) is -0.0889. The maximum Gasteiger partial charge on any atom is 0.305 e. The van der Waals surface area contributed by atoms with E-state index in [1.54, 1.807) is 17.9 Å². The highest BCUT2D eigenvalue weighted by Crippen LogP contribution is 2.22. The van der Waals surface area contributed by atoms with Crippen molar-refractivity contribution in [3.63, 3.8) is 0 Å². The number of carbonyl (C=O) groups is 1. The van der Waals surface area contributed by atoms with Gasteiger partial charge in [0.25, 0.3) is 0 Å². The molecule has 8 heteroatoms. The lowest BCUT2D eigenvalue weighted by Crippen LogP contribution is -2.35. The number of hydrogen-bond acceptors (Lipinski definition) is 6. The van der Waals surface area contributed by atoms with E-state index in [-0.39, 0.29) is 23.8 Å². The molecule has 0 aliphatic carbocycles. The molecule has 0 bridgehead atoms. The van der Waals surface area contributed by atoms with Gasteiger partial charge in [0, 0.05) is 18.7 Å². The van der Waals surface area contributed by atoms with Gasteiger partial charge >= 0.3 is 11.7 Å². The van der Waals surface area contributed by atoms with Gasteiger partial charge in [-0.3, -0.25) is 14.9 Å². The van der Waals surface area contributed by atoms with Gasteiger partial charge in [0.15, 0.2) is 0 Å². The molecule has 0 saturated heterocycles. The number of nitro groups is 1. The van der Waals surface area contributed by atoms with E-state index in [0.29, 0.717) is 12.4 Å². The third kappa shape index (κ3) is 3.41. The third-order valence-corrected chi connectivity index (χ3v) is 2.80. The van der Waals surface area contributed by atoms with Crippen LogP contribution in [0.15, 0.2) is 12.1 Å².